The average Bonchev–Trinajstić information content (AvgIpc) is 2.63. The zero-order valence-corrected chi connectivity index (χ0v) is 11.4. The molecule has 100 valence electrons. The Morgan fingerprint density at radius 1 is 1.39 bits per heavy atom. The Bertz CT molecular complexity index is 384. The van der Waals surface area contributed by atoms with Crippen molar-refractivity contribution in [2.75, 3.05) is 5.75 Å². The number of hydrogen-bond donors (Lipinski definition) is 1. The highest BCUT2D eigenvalue weighted by Gasteiger charge is 2.17. The largest absolute Gasteiger partial charge is 0.481 e. The van der Waals surface area contributed by atoms with Crippen LogP contribution in [-0.2, 0) is 4.79 Å². The minimum atomic E-state index is -0.741. The summed E-state index contributed by atoms with van der Waals surface area (Å²) >= 11 is 1.55. The normalized spacial score (nSPS) is 17.6. The number of carboxylic acids is 1. The Morgan fingerprint density at radius 2 is 2.11 bits per heavy atom. The lowest BCUT2D eigenvalue weighted by atomic mass is 10.1. The molecule has 0 unspecified atom stereocenters. The van der Waals surface area contributed by atoms with Crippen LogP contribution in [0.5, 0.6) is 0 Å². The summed E-state index contributed by atoms with van der Waals surface area (Å²) in [4.78, 5) is 14.9. The first-order valence-corrected chi connectivity index (χ1v) is 7.63. The van der Waals surface area contributed by atoms with Gasteiger partial charge in [0.25, 0.3) is 0 Å². The molecule has 0 aliphatic heterocycles. The summed E-state index contributed by atoms with van der Waals surface area (Å²) in [5.41, 5.74) is 0. The molecule has 0 spiro atoms. The molecule has 5 heteroatoms. The molecule has 0 saturated heterocycles. The van der Waals surface area contributed by atoms with Crippen molar-refractivity contribution in [2.24, 2.45) is 0 Å². The lowest BCUT2D eigenvalue weighted by Crippen LogP contribution is -2.09. The summed E-state index contributed by atoms with van der Waals surface area (Å²) < 4.78 is 2.25. The highest BCUT2D eigenvalue weighted by atomic mass is 32.2. The lowest BCUT2D eigenvalue weighted by Gasteiger charge is -2.18. The quantitative estimate of drug-likeness (QED) is 0.657. The maximum Gasteiger partial charge on any atom is 0.304 e. The molecule has 1 aliphatic rings. The summed E-state index contributed by atoms with van der Waals surface area (Å²) in [6.07, 6.45) is 11.8. The van der Waals surface area contributed by atoms with Crippen LogP contribution < -0.4 is 0 Å². The molecule has 1 aromatic rings. The third-order valence-corrected chi connectivity index (χ3v) is 4.38. The van der Waals surface area contributed by atoms with Gasteiger partial charge in [-0.1, -0.05) is 37.4 Å². The summed E-state index contributed by atoms with van der Waals surface area (Å²) in [7, 11) is 0. The Labute approximate surface area is 112 Å². The number of aromatic nitrogens is 2. The average molecular weight is 268 g/mol. The van der Waals surface area contributed by atoms with Gasteiger partial charge in [0.1, 0.15) is 0 Å². The van der Waals surface area contributed by atoms with Crippen LogP contribution in [0, 0.1) is 0 Å². The van der Waals surface area contributed by atoms with Gasteiger partial charge in [0.15, 0.2) is 5.16 Å². The molecule has 2 rings (SSSR count). The molecule has 0 amide bonds. The number of carbonyl (C=O) groups is 1. The number of nitrogens with zero attached hydrogens (tertiary/aromatic N) is 2. The van der Waals surface area contributed by atoms with E-state index in [9.17, 15) is 4.79 Å². The Hall–Kier alpha value is -0.970. The SMILES string of the molecule is O=C(O)CCSc1nccn1C1CCCCCC1. The molecular formula is C13H20N2O2S. The molecule has 1 saturated carbocycles. The van der Waals surface area contributed by atoms with E-state index in [-0.39, 0.29) is 6.42 Å². The molecule has 18 heavy (non-hydrogen) atoms. The van der Waals surface area contributed by atoms with Gasteiger partial charge < -0.3 is 9.67 Å². The van der Waals surface area contributed by atoms with Crippen molar-refractivity contribution < 1.29 is 9.90 Å². The Morgan fingerprint density at radius 3 is 2.78 bits per heavy atom. The van der Waals surface area contributed by atoms with E-state index in [0.29, 0.717) is 11.8 Å². The van der Waals surface area contributed by atoms with Crippen molar-refractivity contribution >= 4 is 17.7 Å². The predicted molar refractivity (Wildman–Crippen MR) is 71.9 cm³/mol. The van der Waals surface area contributed by atoms with Crippen LogP contribution in [0.25, 0.3) is 0 Å². The topological polar surface area (TPSA) is 55.1 Å². The first kappa shape index (κ1) is 13.5. The van der Waals surface area contributed by atoms with E-state index in [1.54, 1.807) is 11.8 Å². The molecule has 1 aliphatic carbocycles. The zero-order valence-electron chi connectivity index (χ0n) is 10.5. The number of rotatable bonds is 5. The van der Waals surface area contributed by atoms with Gasteiger partial charge >= 0.3 is 5.97 Å². The van der Waals surface area contributed by atoms with E-state index in [2.05, 4.69) is 9.55 Å². The van der Waals surface area contributed by atoms with Crippen LogP contribution in [0.2, 0.25) is 0 Å². The molecule has 0 atom stereocenters. The van der Waals surface area contributed by atoms with Crippen LogP contribution in [0.3, 0.4) is 0 Å². The van der Waals surface area contributed by atoms with Crippen molar-refractivity contribution in [1.82, 2.24) is 9.55 Å². The fraction of sp³-hybridized carbons (Fsp3) is 0.692. The van der Waals surface area contributed by atoms with Crippen LogP contribution in [0.4, 0.5) is 0 Å². The second-order valence-corrected chi connectivity index (χ2v) is 5.82. The molecular weight excluding hydrogens is 248 g/mol. The van der Waals surface area contributed by atoms with Gasteiger partial charge in [0.2, 0.25) is 0 Å². The molecule has 0 aromatic carbocycles. The van der Waals surface area contributed by atoms with E-state index in [0.717, 1.165) is 5.16 Å². The van der Waals surface area contributed by atoms with Crippen LogP contribution in [0.1, 0.15) is 51.0 Å². The fourth-order valence-electron chi connectivity index (χ4n) is 2.45. The molecule has 1 heterocycles. The summed E-state index contributed by atoms with van der Waals surface area (Å²) in [5.74, 6) is -0.144. The first-order valence-electron chi connectivity index (χ1n) is 6.65. The standard InChI is InChI=1S/C13H20N2O2S/c16-12(17)7-10-18-13-14-8-9-15(13)11-5-3-1-2-4-6-11/h8-9,11H,1-7,10H2,(H,16,17). The van der Waals surface area contributed by atoms with E-state index in [4.69, 9.17) is 5.11 Å². The zero-order chi connectivity index (χ0) is 12.8. The minimum Gasteiger partial charge on any atom is -0.481 e. The van der Waals surface area contributed by atoms with Crippen molar-refractivity contribution in [1.29, 1.82) is 0 Å². The van der Waals surface area contributed by atoms with Gasteiger partial charge in [-0.25, -0.2) is 4.98 Å². The third-order valence-electron chi connectivity index (χ3n) is 3.40. The second-order valence-electron chi connectivity index (χ2n) is 4.75. The van der Waals surface area contributed by atoms with Crippen LogP contribution in [-0.4, -0.2) is 26.4 Å². The van der Waals surface area contributed by atoms with Crippen LogP contribution >= 0.6 is 11.8 Å². The fourth-order valence-corrected chi connectivity index (χ4v) is 3.41. The number of imidazole rings is 1. The Balaban J connectivity index is 1.95. The predicted octanol–water partition coefficient (Wildman–Crippen LogP) is 3.35. The van der Waals surface area contributed by atoms with Crippen molar-refractivity contribution in [3.8, 4) is 0 Å². The lowest BCUT2D eigenvalue weighted by molar-refractivity contribution is -0.136. The van der Waals surface area contributed by atoms with E-state index >= 15 is 0 Å². The number of hydrogen-bond acceptors (Lipinski definition) is 3. The van der Waals surface area contributed by atoms with Gasteiger partial charge in [-0.05, 0) is 12.8 Å². The van der Waals surface area contributed by atoms with Gasteiger partial charge in [-0.15, -0.1) is 0 Å². The monoisotopic (exact) mass is 268 g/mol. The molecule has 1 N–H and O–H groups in total. The molecule has 0 radical (unpaired) electrons. The van der Waals surface area contributed by atoms with Gasteiger partial charge in [0.05, 0.1) is 6.42 Å². The maximum absolute atomic E-state index is 10.5. The Kier molecular flexibility index (Phi) is 5.11. The van der Waals surface area contributed by atoms with E-state index in [1.165, 1.54) is 38.5 Å². The molecule has 0 bridgehead atoms. The van der Waals surface area contributed by atoms with Crippen molar-refractivity contribution in [3.05, 3.63) is 12.4 Å². The highest BCUT2D eigenvalue weighted by molar-refractivity contribution is 7.99. The summed E-state index contributed by atoms with van der Waals surface area (Å²) in [5, 5.41) is 9.63. The van der Waals surface area contributed by atoms with Crippen molar-refractivity contribution in [3.63, 3.8) is 0 Å². The van der Waals surface area contributed by atoms with Gasteiger partial charge in [-0.3, -0.25) is 4.79 Å². The number of aliphatic carboxylic acids is 1. The molecule has 1 aromatic heterocycles. The minimum absolute atomic E-state index is 0.197. The summed E-state index contributed by atoms with van der Waals surface area (Å²) in [6, 6.07) is 0.558. The smallest absolute Gasteiger partial charge is 0.304 e. The first-order chi connectivity index (χ1) is 8.77. The summed E-state index contributed by atoms with van der Waals surface area (Å²) in [6.45, 7) is 0. The number of carboxylic acid groups (broad SMARTS) is 1. The van der Waals surface area contributed by atoms with E-state index < -0.39 is 5.97 Å². The van der Waals surface area contributed by atoms with Crippen LogP contribution in [0.15, 0.2) is 17.6 Å². The third kappa shape index (κ3) is 3.77. The molecule has 1 fully saturated rings. The highest BCUT2D eigenvalue weighted by Crippen LogP contribution is 2.30. The van der Waals surface area contributed by atoms with E-state index in [1.807, 2.05) is 12.4 Å². The van der Waals surface area contributed by atoms with Crippen molar-refractivity contribution in [2.45, 2.75) is 56.1 Å². The van der Waals surface area contributed by atoms with Gasteiger partial charge in [-0.2, -0.15) is 0 Å². The number of thioether (sulfide) groups is 1. The second kappa shape index (κ2) is 6.83. The molecule has 4 nitrogen and oxygen atoms in total. The maximum atomic E-state index is 10.5. The van der Waals surface area contributed by atoms with Gasteiger partial charge in [0, 0.05) is 24.2 Å².